The van der Waals surface area contributed by atoms with Gasteiger partial charge in [-0.25, -0.2) is 9.97 Å². The Morgan fingerprint density at radius 3 is 3.00 bits per heavy atom. The van der Waals surface area contributed by atoms with Crippen molar-refractivity contribution >= 4 is 0 Å². The zero-order valence-electron chi connectivity index (χ0n) is 7.85. The SMILES string of the molecule is NCCCn1ccnc1-c1ncc[nH]1. The Hall–Kier alpha value is -1.62. The summed E-state index contributed by atoms with van der Waals surface area (Å²) in [7, 11) is 0. The average Bonchev–Trinajstić information content (AvgIpc) is 2.84. The average molecular weight is 191 g/mol. The van der Waals surface area contributed by atoms with E-state index in [1.807, 2.05) is 10.8 Å². The molecule has 2 aromatic heterocycles. The zero-order valence-corrected chi connectivity index (χ0v) is 7.85. The predicted molar refractivity (Wildman–Crippen MR) is 53.5 cm³/mol. The van der Waals surface area contributed by atoms with E-state index in [-0.39, 0.29) is 0 Å². The van der Waals surface area contributed by atoms with E-state index in [9.17, 15) is 0 Å². The number of nitrogens with two attached hydrogens (primary N) is 1. The van der Waals surface area contributed by atoms with E-state index >= 15 is 0 Å². The minimum Gasteiger partial charge on any atom is -0.342 e. The van der Waals surface area contributed by atoms with E-state index in [4.69, 9.17) is 5.73 Å². The lowest BCUT2D eigenvalue weighted by Gasteiger charge is -2.03. The Balaban J connectivity index is 2.22. The minimum atomic E-state index is 0.690. The van der Waals surface area contributed by atoms with E-state index in [2.05, 4.69) is 15.0 Å². The first-order valence-electron chi connectivity index (χ1n) is 4.63. The Kier molecular flexibility index (Phi) is 2.60. The van der Waals surface area contributed by atoms with Gasteiger partial charge in [-0.3, -0.25) is 0 Å². The minimum absolute atomic E-state index is 0.690. The van der Waals surface area contributed by atoms with Gasteiger partial charge in [-0.2, -0.15) is 0 Å². The van der Waals surface area contributed by atoms with E-state index < -0.39 is 0 Å². The van der Waals surface area contributed by atoms with Gasteiger partial charge in [-0.15, -0.1) is 0 Å². The second-order valence-electron chi connectivity index (χ2n) is 3.02. The molecule has 5 heteroatoms. The van der Waals surface area contributed by atoms with Crippen LogP contribution in [-0.2, 0) is 6.54 Å². The van der Waals surface area contributed by atoms with Crippen molar-refractivity contribution in [1.82, 2.24) is 19.5 Å². The number of rotatable bonds is 4. The fourth-order valence-corrected chi connectivity index (χ4v) is 1.36. The highest BCUT2D eigenvalue weighted by Crippen LogP contribution is 2.11. The van der Waals surface area contributed by atoms with Crippen molar-refractivity contribution < 1.29 is 0 Å². The van der Waals surface area contributed by atoms with Crippen molar-refractivity contribution in [3.05, 3.63) is 24.8 Å². The molecule has 0 unspecified atom stereocenters. The summed E-state index contributed by atoms with van der Waals surface area (Å²) >= 11 is 0. The van der Waals surface area contributed by atoms with Gasteiger partial charge in [0.2, 0.25) is 0 Å². The van der Waals surface area contributed by atoms with E-state index in [0.29, 0.717) is 6.54 Å². The number of aromatic amines is 1. The maximum atomic E-state index is 5.46. The van der Waals surface area contributed by atoms with E-state index in [1.54, 1.807) is 18.6 Å². The molecule has 0 aliphatic heterocycles. The Bertz CT molecular complexity index is 376. The van der Waals surface area contributed by atoms with Gasteiger partial charge in [-0.1, -0.05) is 0 Å². The van der Waals surface area contributed by atoms with Gasteiger partial charge < -0.3 is 15.3 Å². The van der Waals surface area contributed by atoms with Crippen LogP contribution in [0.1, 0.15) is 6.42 Å². The summed E-state index contributed by atoms with van der Waals surface area (Å²) in [5.74, 6) is 1.66. The smallest absolute Gasteiger partial charge is 0.176 e. The third-order valence-corrected chi connectivity index (χ3v) is 2.03. The zero-order chi connectivity index (χ0) is 9.80. The summed E-state index contributed by atoms with van der Waals surface area (Å²) in [6.07, 6.45) is 8.17. The molecular formula is C9H13N5. The monoisotopic (exact) mass is 191 g/mol. The molecule has 0 atom stereocenters. The van der Waals surface area contributed by atoms with Gasteiger partial charge in [0.05, 0.1) is 0 Å². The van der Waals surface area contributed by atoms with Crippen molar-refractivity contribution in [2.45, 2.75) is 13.0 Å². The van der Waals surface area contributed by atoms with Gasteiger partial charge in [0, 0.05) is 31.3 Å². The van der Waals surface area contributed by atoms with Crippen molar-refractivity contribution in [1.29, 1.82) is 0 Å². The van der Waals surface area contributed by atoms with Crippen molar-refractivity contribution in [2.75, 3.05) is 6.54 Å². The van der Waals surface area contributed by atoms with Crippen LogP contribution in [0.4, 0.5) is 0 Å². The Morgan fingerprint density at radius 1 is 1.36 bits per heavy atom. The number of H-pyrrole nitrogens is 1. The highest BCUT2D eigenvalue weighted by molar-refractivity contribution is 5.43. The number of aryl methyl sites for hydroxylation is 1. The molecule has 0 bridgehead atoms. The molecule has 0 saturated heterocycles. The third kappa shape index (κ3) is 1.67. The van der Waals surface area contributed by atoms with Gasteiger partial charge in [-0.05, 0) is 13.0 Å². The number of nitrogens with zero attached hydrogens (tertiary/aromatic N) is 3. The third-order valence-electron chi connectivity index (χ3n) is 2.03. The predicted octanol–water partition coefficient (Wildman–Crippen LogP) is 0.622. The van der Waals surface area contributed by atoms with E-state index in [0.717, 1.165) is 24.6 Å². The fourth-order valence-electron chi connectivity index (χ4n) is 1.36. The highest BCUT2D eigenvalue weighted by Gasteiger charge is 2.06. The van der Waals surface area contributed by atoms with Gasteiger partial charge in [0.1, 0.15) is 0 Å². The number of imidazole rings is 2. The van der Waals surface area contributed by atoms with Crippen LogP contribution in [-0.4, -0.2) is 26.1 Å². The largest absolute Gasteiger partial charge is 0.342 e. The summed E-state index contributed by atoms with van der Waals surface area (Å²) in [5.41, 5.74) is 5.46. The maximum Gasteiger partial charge on any atom is 0.176 e. The van der Waals surface area contributed by atoms with Crippen LogP contribution in [0.3, 0.4) is 0 Å². The molecule has 0 radical (unpaired) electrons. The Morgan fingerprint density at radius 2 is 2.29 bits per heavy atom. The quantitative estimate of drug-likeness (QED) is 0.744. The molecule has 0 fully saturated rings. The normalized spacial score (nSPS) is 10.6. The van der Waals surface area contributed by atoms with Crippen LogP contribution in [0.25, 0.3) is 11.6 Å². The first kappa shape index (κ1) is 8.96. The molecule has 0 aliphatic rings. The molecule has 2 heterocycles. The first-order valence-corrected chi connectivity index (χ1v) is 4.63. The molecule has 14 heavy (non-hydrogen) atoms. The second-order valence-corrected chi connectivity index (χ2v) is 3.02. The second kappa shape index (κ2) is 4.06. The van der Waals surface area contributed by atoms with E-state index in [1.165, 1.54) is 0 Å². The van der Waals surface area contributed by atoms with Crippen LogP contribution in [0.5, 0.6) is 0 Å². The molecule has 2 aromatic rings. The lowest BCUT2D eigenvalue weighted by Crippen LogP contribution is -2.06. The van der Waals surface area contributed by atoms with Crippen LogP contribution in [0, 0.1) is 0 Å². The Labute approximate surface area is 82.0 Å². The van der Waals surface area contributed by atoms with Crippen LogP contribution in [0.15, 0.2) is 24.8 Å². The number of aromatic nitrogens is 4. The number of nitrogens with one attached hydrogen (secondary N) is 1. The number of hydrogen-bond donors (Lipinski definition) is 2. The molecule has 0 aromatic carbocycles. The molecule has 0 spiro atoms. The molecule has 0 amide bonds. The molecule has 0 saturated carbocycles. The summed E-state index contributed by atoms with van der Waals surface area (Å²) in [6.45, 7) is 1.57. The summed E-state index contributed by atoms with van der Waals surface area (Å²) in [4.78, 5) is 11.4. The number of hydrogen-bond acceptors (Lipinski definition) is 3. The van der Waals surface area contributed by atoms with Crippen molar-refractivity contribution in [3.8, 4) is 11.6 Å². The summed E-state index contributed by atoms with van der Waals surface area (Å²) in [6, 6.07) is 0. The molecule has 3 N–H and O–H groups in total. The fraction of sp³-hybridized carbons (Fsp3) is 0.333. The molecule has 74 valence electrons. The molecule has 5 nitrogen and oxygen atoms in total. The standard InChI is InChI=1S/C9H13N5/c10-2-1-6-14-7-5-13-9(14)8-11-3-4-12-8/h3-5,7H,1-2,6,10H2,(H,11,12). The lowest BCUT2D eigenvalue weighted by molar-refractivity contribution is 0.654. The molecular weight excluding hydrogens is 178 g/mol. The molecule has 2 rings (SSSR count). The van der Waals surface area contributed by atoms with Gasteiger partial charge >= 0.3 is 0 Å². The van der Waals surface area contributed by atoms with Crippen LogP contribution in [0.2, 0.25) is 0 Å². The summed E-state index contributed by atoms with van der Waals surface area (Å²) in [5, 5.41) is 0. The summed E-state index contributed by atoms with van der Waals surface area (Å²) < 4.78 is 2.05. The lowest BCUT2D eigenvalue weighted by atomic mass is 10.4. The van der Waals surface area contributed by atoms with Crippen LogP contribution >= 0.6 is 0 Å². The molecule has 0 aliphatic carbocycles. The van der Waals surface area contributed by atoms with Crippen molar-refractivity contribution in [2.24, 2.45) is 5.73 Å². The first-order chi connectivity index (χ1) is 6.92. The highest BCUT2D eigenvalue weighted by atomic mass is 15.1. The topological polar surface area (TPSA) is 72.5 Å². The maximum absolute atomic E-state index is 5.46. The van der Waals surface area contributed by atoms with Crippen LogP contribution < -0.4 is 5.73 Å². The van der Waals surface area contributed by atoms with Crippen molar-refractivity contribution in [3.63, 3.8) is 0 Å². The van der Waals surface area contributed by atoms with Gasteiger partial charge in [0.25, 0.3) is 0 Å². The van der Waals surface area contributed by atoms with Gasteiger partial charge in [0.15, 0.2) is 11.6 Å².